The molecule has 0 aromatic heterocycles. The highest BCUT2D eigenvalue weighted by atomic mass is 16.5. The number of hydrogen-bond acceptors (Lipinski definition) is 3. The van der Waals surface area contributed by atoms with Crippen LogP contribution in [0, 0.1) is 0 Å². The van der Waals surface area contributed by atoms with Crippen molar-refractivity contribution in [3.05, 3.63) is 0 Å². The topological polar surface area (TPSA) is 41.6 Å². The minimum Gasteiger partial charge on any atom is -0.377 e. The normalized spacial score (nSPS) is 20.1. The predicted molar refractivity (Wildman–Crippen MR) is 69.0 cm³/mol. The van der Waals surface area contributed by atoms with E-state index in [1.807, 2.05) is 25.7 Å². The second-order valence-corrected chi connectivity index (χ2v) is 4.78. The van der Waals surface area contributed by atoms with Crippen LogP contribution in [0.3, 0.4) is 0 Å². The quantitative estimate of drug-likeness (QED) is 0.765. The summed E-state index contributed by atoms with van der Waals surface area (Å²) in [6.07, 6.45) is 3.71. The molecule has 0 aliphatic carbocycles. The third-order valence-corrected chi connectivity index (χ3v) is 3.20. The van der Waals surface area contributed by atoms with Gasteiger partial charge in [0.25, 0.3) is 0 Å². The molecule has 1 saturated heterocycles. The Morgan fingerprint density at radius 2 is 1.94 bits per heavy atom. The van der Waals surface area contributed by atoms with Crippen LogP contribution >= 0.6 is 0 Å². The van der Waals surface area contributed by atoms with E-state index in [0.29, 0.717) is 0 Å². The number of likely N-dealkylation sites (tertiary alicyclic amines) is 1. The maximum atomic E-state index is 12.1. The molecule has 0 spiro atoms. The summed E-state index contributed by atoms with van der Waals surface area (Å²) < 4.78 is 5.43. The minimum absolute atomic E-state index is 0.101. The summed E-state index contributed by atoms with van der Waals surface area (Å²) in [6.45, 7) is 9.24. The van der Waals surface area contributed by atoms with E-state index >= 15 is 0 Å². The number of piperidine rings is 1. The predicted octanol–water partition coefficient (Wildman–Crippen LogP) is 1.40. The molecular weight excluding hydrogens is 216 g/mol. The van der Waals surface area contributed by atoms with Crippen LogP contribution in [0.15, 0.2) is 0 Å². The first kappa shape index (κ1) is 14.5. The van der Waals surface area contributed by atoms with Gasteiger partial charge in [0.15, 0.2) is 0 Å². The Bertz CT molecular complexity index is 227. The van der Waals surface area contributed by atoms with Crippen molar-refractivity contribution in [3.8, 4) is 0 Å². The molecule has 1 heterocycles. The minimum atomic E-state index is -0.101. The molecule has 1 aliphatic heterocycles. The van der Waals surface area contributed by atoms with Gasteiger partial charge in [0.05, 0.1) is 12.1 Å². The number of carbonyl (C=O) groups is 1. The number of hydrogen-bond donors (Lipinski definition) is 1. The van der Waals surface area contributed by atoms with Gasteiger partial charge >= 0.3 is 0 Å². The molecule has 0 saturated carbocycles. The molecule has 0 radical (unpaired) electrons. The molecule has 0 aromatic carbocycles. The van der Waals surface area contributed by atoms with Gasteiger partial charge < -0.3 is 15.0 Å². The van der Waals surface area contributed by atoms with E-state index in [2.05, 4.69) is 5.32 Å². The number of nitrogens with one attached hydrogen (secondary N) is 1. The molecule has 1 aliphatic rings. The lowest BCUT2D eigenvalue weighted by Crippen LogP contribution is -2.48. The van der Waals surface area contributed by atoms with Crippen molar-refractivity contribution in [3.63, 3.8) is 0 Å². The molecule has 0 bridgehead atoms. The SMILES string of the molecule is CCOC(C)CNC(C)C(=O)N1CCCCC1. The lowest BCUT2D eigenvalue weighted by atomic mass is 10.1. The van der Waals surface area contributed by atoms with E-state index in [1.54, 1.807) is 0 Å². The van der Waals surface area contributed by atoms with Crippen LogP contribution in [0.2, 0.25) is 0 Å². The maximum Gasteiger partial charge on any atom is 0.239 e. The van der Waals surface area contributed by atoms with Gasteiger partial charge in [-0.15, -0.1) is 0 Å². The molecule has 1 fully saturated rings. The zero-order valence-electron chi connectivity index (χ0n) is 11.4. The van der Waals surface area contributed by atoms with Crippen molar-refractivity contribution in [1.82, 2.24) is 10.2 Å². The van der Waals surface area contributed by atoms with Crippen LogP contribution in [0.1, 0.15) is 40.0 Å². The Labute approximate surface area is 105 Å². The second-order valence-electron chi connectivity index (χ2n) is 4.78. The van der Waals surface area contributed by atoms with E-state index in [0.717, 1.165) is 39.1 Å². The second kappa shape index (κ2) is 7.67. The largest absolute Gasteiger partial charge is 0.377 e. The molecule has 2 atom stereocenters. The Kier molecular flexibility index (Phi) is 6.52. The van der Waals surface area contributed by atoms with Crippen molar-refractivity contribution >= 4 is 5.91 Å². The highest BCUT2D eigenvalue weighted by Gasteiger charge is 2.21. The average molecular weight is 242 g/mol. The Balaban J connectivity index is 2.25. The van der Waals surface area contributed by atoms with Crippen LogP contribution in [-0.2, 0) is 9.53 Å². The van der Waals surface area contributed by atoms with Crippen molar-refractivity contribution < 1.29 is 9.53 Å². The number of rotatable bonds is 6. The van der Waals surface area contributed by atoms with Gasteiger partial charge in [0.1, 0.15) is 0 Å². The molecule has 2 unspecified atom stereocenters. The lowest BCUT2D eigenvalue weighted by molar-refractivity contribution is -0.134. The first-order chi connectivity index (χ1) is 8.15. The van der Waals surface area contributed by atoms with Crippen LogP contribution < -0.4 is 5.32 Å². The van der Waals surface area contributed by atoms with Crippen molar-refractivity contribution in [1.29, 1.82) is 0 Å². The van der Waals surface area contributed by atoms with Gasteiger partial charge in [0, 0.05) is 26.2 Å². The van der Waals surface area contributed by atoms with Gasteiger partial charge in [-0.2, -0.15) is 0 Å². The van der Waals surface area contributed by atoms with Gasteiger partial charge in [-0.3, -0.25) is 4.79 Å². The molecule has 17 heavy (non-hydrogen) atoms. The third kappa shape index (κ3) is 5.04. The van der Waals surface area contributed by atoms with Crippen LogP contribution in [-0.4, -0.2) is 49.2 Å². The summed E-state index contributed by atoms with van der Waals surface area (Å²) in [5.41, 5.74) is 0. The number of ether oxygens (including phenoxy) is 1. The zero-order valence-corrected chi connectivity index (χ0v) is 11.4. The fourth-order valence-corrected chi connectivity index (χ4v) is 2.16. The average Bonchev–Trinajstić information content (AvgIpc) is 2.36. The van der Waals surface area contributed by atoms with Crippen molar-refractivity contribution in [2.45, 2.75) is 52.2 Å². The van der Waals surface area contributed by atoms with E-state index in [4.69, 9.17) is 4.74 Å². The van der Waals surface area contributed by atoms with E-state index in [-0.39, 0.29) is 18.1 Å². The number of nitrogens with zero attached hydrogens (tertiary/aromatic N) is 1. The van der Waals surface area contributed by atoms with Crippen LogP contribution in [0.25, 0.3) is 0 Å². The first-order valence-corrected chi connectivity index (χ1v) is 6.79. The highest BCUT2D eigenvalue weighted by Crippen LogP contribution is 2.09. The summed E-state index contributed by atoms with van der Waals surface area (Å²) in [5, 5.41) is 3.25. The molecule has 0 aromatic rings. The van der Waals surface area contributed by atoms with Crippen LogP contribution in [0.5, 0.6) is 0 Å². The third-order valence-electron chi connectivity index (χ3n) is 3.20. The molecule has 1 N–H and O–H groups in total. The Morgan fingerprint density at radius 3 is 2.53 bits per heavy atom. The summed E-state index contributed by atoms with van der Waals surface area (Å²) in [7, 11) is 0. The molecule has 100 valence electrons. The summed E-state index contributed by atoms with van der Waals surface area (Å²) in [4.78, 5) is 14.1. The first-order valence-electron chi connectivity index (χ1n) is 6.79. The maximum absolute atomic E-state index is 12.1. The fourth-order valence-electron chi connectivity index (χ4n) is 2.16. The molecule has 1 rings (SSSR count). The van der Waals surface area contributed by atoms with Gasteiger partial charge in [0.2, 0.25) is 5.91 Å². The monoisotopic (exact) mass is 242 g/mol. The van der Waals surface area contributed by atoms with E-state index < -0.39 is 0 Å². The van der Waals surface area contributed by atoms with Gasteiger partial charge in [-0.25, -0.2) is 0 Å². The summed E-state index contributed by atoms with van der Waals surface area (Å²) in [6, 6.07) is -0.101. The Hall–Kier alpha value is -0.610. The van der Waals surface area contributed by atoms with E-state index in [9.17, 15) is 4.79 Å². The summed E-state index contributed by atoms with van der Waals surface area (Å²) >= 11 is 0. The Morgan fingerprint density at radius 1 is 1.29 bits per heavy atom. The van der Waals surface area contributed by atoms with Crippen LogP contribution in [0.4, 0.5) is 0 Å². The molecule has 4 nitrogen and oxygen atoms in total. The molecule has 4 heteroatoms. The van der Waals surface area contributed by atoms with E-state index in [1.165, 1.54) is 6.42 Å². The van der Waals surface area contributed by atoms with Gasteiger partial charge in [-0.1, -0.05) is 0 Å². The summed E-state index contributed by atoms with van der Waals surface area (Å²) in [5.74, 6) is 0.230. The molecular formula is C13H26N2O2. The van der Waals surface area contributed by atoms with Crippen molar-refractivity contribution in [2.24, 2.45) is 0 Å². The van der Waals surface area contributed by atoms with Gasteiger partial charge in [-0.05, 0) is 40.0 Å². The number of carbonyl (C=O) groups excluding carboxylic acids is 1. The lowest BCUT2D eigenvalue weighted by Gasteiger charge is -2.29. The smallest absolute Gasteiger partial charge is 0.239 e. The fraction of sp³-hybridized carbons (Fsp3) is 0.923. The number of amides is 1. The molecule has 1 amide bonds. The van der Waals surface area contributed by atoms with Crippen molar-refractivity contribution in [2.75, 3.05) is 26.2 Å². The highest BCUT2D eigenvalue weighted by molar-refractivity contribution is 5.81. The standard InChI is InChI=1S/C13H26N2O2/c1-4-17-11(2)10-14-12(3)13(16)15-8-6-5-7-9-15/h11-12,14H,4-10H2,1-3H3. The zero-order chi connectivity index (χ0) is 12.7.